The summed E-state index contributed by atoms with van der Waals surface area (Å²) in [4.78, 5) is 0. The molecule has 0 heterocycles. The van der Waals surface area contributed by atoms with Gasteiger partial charge in [0.05, 0.1) is 0 Å². The molecule has 0 atom stereocenters. The van der Waals surface area contributed by atoms with Crippen LogP contribution in [-0.4, -0.2) is 7.42 Å². The van der Waals surface area contributed by atoms with E-state index < -0.39 is 15.3 Å². The van der Waals surface area contributed by atoms with E-state index in [1.807, 2.05) is 6.07 Å². The van der Waals surface area contributed by atoms with Gasteiger partial charge in [-0.25, -0.2) is 0 Å². The highest BCUT2D eigenvalue weighted by atomic mass is 35.7. The second-order valence-corrected chi connectivity index (χ2v) is 11.6. The van der Waals surface area contributed by atoms with Gasteiger partial charge in [0.15, 0.2) is 0 Å². The normalized spacial score (nSPS) is 11.1. The molecule has 22 heavy (non-hydrogen) atoms. The second kappa shape index (κ2) is 7.44. The molecule has 0 spiro atoms. The first-order valence-corrected chi connectivity index (χ1v) is 12.5. The van der Waals surface area contributed by atoms with Crippen LogP contribution in [0.1, 0.15) is 0 Å². The molecule has 0 aliphatic carbocycles. The molecule has 0 fully saturated rings. The molecule has 3 aromatic rings. The van der Waals surface area contributed by atoms with Crippen molar-refractivity contribution in [3.05, 3.63) is 84.9 Å². The average molecular weight is 361 g/mol. The lowest BCUT2D eigenvalue weighted by Gasteiger charge is -2.22. The molecule has 0 aliphatic heterocycles. The molecule has 0 unspecified atom stereocenters. The third kappa shape index (κ3) is 3.44. The van der Waals surface area contributed by atoms with Crippen molar-refractivity contribution in [3.63, 3.8) is 0 Å². The van der Waals surface area contributed by atoms with E-state index in [1.54, 1.807) is 0 Å². The quantitative estimate of drug-likeness (QED) is 0.380. The van der Waals surface area contributed by atoms with Gasteiger partial charge in [0.25, 0.3) is 7.42 Å². The molecule has 4 heteroatoms. The van der Waals surface area contributed by atoms with Gasteiger partial charge in [-0.15, -0.1) is 22.2 Å². The van der Waals surface area contributed by atoms with Gasteiger partial charge < -0.3 is 0 Å². The van der Waals surface area contributed by atoms with Crippen LogP contribution in [0.25, 0.3) is 0 Å². The number of benzene rings is 3. The van der Waals surface area contributed by atoms with Crippen molar-refractivity contribution in [1.82, 2.24) is 0 Å². The van der Waals surface area contributed by atoms with Crippen molar-refractivity contribution >= 4 is 58.6 Å². The summed E-state index contributed by atoms with van der Waals surface area (Å²) in [7, 11) is -2.54. The Bertz CT molecular complexity index is 693. The van der Waals surface area contributed by atoms with Crippen LogP contribution in [0.2, 0.25) is 0 Å². The third-order valence-electron chi connectivity index (χ3n) is 3.44. The summed E-state index contributed by atoms with van der Waals surface area (Å²) in [5.41, 5.74) is 0. The number of rotatable bonds is 4. The first-order valence-electron chi connectivity index (χ1n) is 7.04. The summed E-state index contributed by atoms with van der Waals surface area (Å²) < 4.78 is 0. The fourth-order valence-corrected chi connectivity index (χ4v) is 7.77. The minimum atomic E-state index is -1.91. The third-order valence-corrected chi connectivity index (χ3v) is 8.59. The lowest BCUT2D eigenvalue weighted by Crippen LogP contribution is -2.37. The molecule has 0 N–H and O–H groups in total. The smallest absolute Gasteiger partial charge is 0.144 e. The molecule has 0 saturated carbocycles. The van der Waals surface area contributed by atoms with Crippen LogP contribution in [0.15, 0.2) is 84.9 Å². The van der Waals surface area contributed by atoms with Crippen LogP contribution in [0.3, 0.4) is 0 Å². The molecular weight excluding hydrogens is 346 g/mol. The SMILES string of the molecule is Cl[SiH](Cl)c1ccccc1P(c1ccccc1)c1ccccc1. The van der Waals surface area contributed by atoms with Crippen molar-refractivity contribution in [2.45, 2.75) is 0 Å². The molecule has 0 radical (unpaired) electrons. The molecule has 0 bridgehead atoms. The van der Waals surface area contributed by atoms with Gasteiger partial charge in [0.1, 0.15) is 0 Å². The molecule has 110 valence electrons. The fourth-order valence-electron chi connectivity index (χ4n) is 2.46. The lowest BCUT2D eigenvalue weighted by atomic mass is 10.3. The maximum atomic E-state index is 6.34. The van der Waals surface area contributed by atoms with E-state index in [0.717, 1.165) is 5.19 Å². The summed E-state index contributed by atoms with van der Waals surface area (Å²) in [6, 6.07) is 29.6. The molecule has 0 amide bonds. The molecule has 3 rings (SSSR count). The van der Waals surface area contributed by atoms with Crippen molar-refractivity contribution < 1.29 is 0 Å². The molecule has 0 nitrogen and oxygen atoms in total. The Balaban J connectivity index is 2.19. The van der Waals surface area contributed by atoms with E-state index in [4.69, 9.17) is 22.2 Å². The molecule has 3 aromatic carbocycles. The predicted molar refractivity (Wildman–Crippen MR) is 104 cm³/mol. The summed E-state index contributed by atoms with van der Waals surface area (Å²) >= 11 is 12.7. The summed E-state index contributed by atoms with van der Waals surface area (Å²) in [6.07, 6.45) is 0. The lowest BCUT2D eigenvalue weighted by molar-refractivity contribution is 1.75. The van der Waals surface area contributed by atoms with Gasteiger partial charge in [-0.3, -0.25) is 0 Å². The number of halogens is 2. The fraction of sp³-hybridized carbons (Fsp3) is 0. The van der Waals surface area contributed by atoms with E-state index in [1.165, 1.54) is 15.9 Å². The van der Waals surface area contributed by atoms with Crippen molar-refractivity contribution in [2.24, 2.45) is 0 Å². The van der Waals surface area contributed by atoms with Crippen molar-refractivity contribution in [2.75, 3.05) is 0 Å². The van der Waals surface area contributed by atoms with E-state index in [0.29, 0.717) is 0 Å². The van der Waals surface area contributed by atoms with Crippen LogP contribution in [0.4, 0.5) is 0 Å². The van der Waals surface area contributed by atoms with Gasteiger partial charge in [-0.1, -0.05) is 84.9 Å². The Hall–Kier alpha value is -1.11. The average Bonchev–Trinajstić information content (AvgIpc) is 2.57. The standard InChI is InChI=1S/C18H15Cl2PSi/c19-22(20)18-14-8-7-13-17(18)21(15-9-3-1-4-10-15)16-11-5-2-6-12-16/h1-14,22H. The number of hydrogen-bond donors (Lipinski definition) is 0. The second-order valence-electron chi connectivity index (χ2n) is 4.87. The molecule has 0 saturated heterocycles. The number of hydrogen-bond acceptors (Lipinski definition) is 0. The van der Waals surface area contributed by atoms with Crippen LogP contribution >= 0.6 is 30.1 Å². The van der Waals surface area contributed by atoms with Gasteiger partial charge in [0, 0.05) is 0 Å². The van der Waals surface area contributed by atoms with Crippen molar-refractivity contribution in [1.29, 1.82) is 0 Å². The minimum Gasteiger partial charge on any atom is -0.144 e. The highest BCUT2D eigenvalue weighted by Gasteiger charge is 2.21. The van der Waals surface area contributed by atoms with Crippen LogP contribution < -0.4 is 21.1 Å². The van der Waals surface area contributed by atoms with Gasteiger partial charge >= 0.3 is 0 Å². The Morgan fingerprint density at radius 3 is 1.55 bits per heavy atom. The maximum Gasteiger partial charge on any atom is 0.267 e. The van der Waals surface area contributed by atoms with Gasteiger partial charge in [0.2, 0.25) is 0 Å². The first kappa shape index (κ1) is 15.8. The first-order chi connectivity index (χ1) is 10.8. The minimum absolute atomic E-state index is 0.633. The van der Waals surface area contributed by atoms with E-state index in [2.05, 4.69) is 78.9 Å². The highest BCUT2D eigenvalue weighted by molar-refractivity contribution is 7.80. The summed E-state index contributed by atoms with van der Waals surface area (Å²) in [5, 5.41) is 5.04. The zero-order valence-corrected chi connectivity index (χ0v) is 15.4. The maximum absolute atomic E-state index is 6.34. The van der Waals surface area contributed by atoms with Gasteiger partial charge in [-0.05, 0) is 29.0 Å². The Morgan fingerprint density at radius 2 is 1.05 bits per heavy atom. The van der Waals surface area contributed by atoms with Crippen LogP contribution in [-0.2, 0) is 0 Å². The van der Waals surface area contributed by atoms with E-state index in [9.17, 15) is 0 Å². The Morgan fingerprint density at radius 1 is 0.591 bits per heavy atom. The van der Waals surface area contributed by atoms with Crippen LogP contribution in [0, 0.1) is 0 Å². The zero-order valence-electron chi connectivity index (χ0n) is 11.9. The molecular formula is C18H15Cl2PSi. The van der Waals surface area contributed by atoms with E-state index in [-0.39, 0.29) is 0 Å². The molecule has 0 aliphatic rings. The monoisotopic (exact) mass is 360 g/mol. The Labute approximate surface area is 143 Å². The van der Waals surface area contributed by atoms with E-state index >= 15 is 0 Å². The Kier molecular flexibility index (Phi) is 5.33. The van der Waals surface area contributed by atoms with Gasteiger partial charge in [-0.2, -0.15) is 0 Å². The van der Waals surface area contributed by atoms with Crippen molar-refractivity contribution in [3.8, 4) is 0 Å². The van der Waals surface area contributed by atoms with Crippen LogP contribution in [0.5, 0.6) is 0 Å². The largest absolute Gasteiger partial charge is 0.267 e. The summed E-state index contributed by atoms with van der Waals surface area (Å²) in [5.74, 6) is 0. The highest BCUT2D eigenvalue weighted by Crippen LogP contribution is 2.32. The summed E-state index contributed by atoms with van der Waals surface area (Å²) in [6.45, 7) is 0. The topological polar surface area (TPSA) is 0 Å². The zero-order chi connectivity index (χ0) is 15.4. The predicted octanol–water partition coefficient (Wildman–Crippen LogP) is 3.35. The molecule has 0 aromatic heterocycles.